The molecular weight excluding hydrogens is 763 g/mol. The molecule has 0 radical (unpaired) electrons. The normalized spacial score (nSPS) is 12.8. The molecule has 7 rings (SSSR count). The van der Waals surface area contributed by atoms with Crippen molar-refractivity contribution >= 4 is 29.2 Å². The predicted molar refractivity (Wildman–Crippen MR) is 198 cm³/mol. The zero-order chi connectivity index (χ0) is 32.3. The van der Waals surface area contributed by atoms with Gasteiger partial charge in [-0.25, -0.2) is 0 Å². The Hall–Kier alpha value is -5.54. The van der Waals surface area contributed by atoms with Crippen LogP contribution in [-0.4, -0.2) is 4.98 Å². The zero-order valence-corrected chi connectivity index (χ0v) is 28.8. The van der Waals surface area contributed by atoms with E-state index in [2.05, 4.69) is 131 Å². The Morgan fingerprint density at radius 1 is 0.646 bits per heavy atom. The first-order valence-corrected chi connectivity index (χ1v) is 15.5. The summed E-state index contributed by atoms with van der Waals surface area (Å²) in [5, 5.41) is 4.55. The topological polar surface area (TPSA) is 30.2 Å². The van der Waals surface area contributed by atoms with Crippen LogP contribution >= 0.6 is 0 Å². The molecule has 0 aliphatic carbocycles. The molecule has 5 aromatic carbocycles. The molecule has 6 aromatic rings. The van der Waals surface area contributed by atoms with E-state index in [0.29, 0.717) is 0 Å². The minimum Gasteiger partial charge on any atom is -0.683 e. The first kappa shape index (κ1) is 33.8. The van der Waals surface area contributed by atoms with Crippen molar-refractivity contribution in [3.05, 3.63) is 211 Å². The molecule has 0 bridgehead atoms. The van der Waals surface area contributed by atoms with Crippen molar-refractivity contribution in [2.45, 2.75) is 6.04 Å². The third-order valence-corrected chi connectivity index (χ3v) is 7.76. The second-order valence-corrected chi connectivity index (χ2v) is 10.8. The molecule has 0 spiro atoms. The van der Waals surface area contributed by atoms with Crippen molar-refractivity contribution < 1.29 is 20.1 Å². The summed E-state index contributed by atoms with van der Waals surface area (Å²) >= 11 is 0. The van der Waals surface area contributed by atoms with Crippen LogP contribution in [0.4, 0.5) is 17.1 Å². The zero-order valence-electron chi connectivity index (χ0n) is 26.4. The van der Waals surface area contributed by atoms with E-state index in [1.807, 2.05) is 79.0 Å². The number of allylic oxidation sites excluding steroid dienone is 2. The number of hydrogen-bond donors (Lipinski definition) is 0. The van der Waals surface area contributed by atoms with Crippen molar-refractivity contribution in [1.82, 2.24) is 4.98 Å². The van der Waals surface area contributed by atoms with E-state index in [1.165, 1.54) is 0 Å². The van der Waals surface area contributed by atoms with Crippen LogP contribution in [0.3, 0.4) is 0 Å². The van der Waals surface area contributed by atoms with Crippen molar-refractivity contribution in [2.24, 2.45) is 0 Å². The molecule has 3 nitrogen and oxygen atoms in total. The maximum atomic E-state index is 4.55. The van der Waals surface area contributed by atoms with Crippen LogP contribution in [-0.2, 0) is 20.1 Å². The smallest absolute Gasteiger partial charge is 0.683 e. The predicted octanol–water partition coefficient (Wildman–Crippen LogP) is 12.0. The van der Waals surface area contributed by atoms with Gasteiger partial charge in [0, 0.05) is 23.3 Å². The van der Waals surface area contributed by atoms with Gasteiger partial charge in [-0.05, 0) is 64.8 Å². The SMILES string of the molecule is C=Cc1ccc(N(c2ccc(C=C)cc2)c2ccc(-c3cc[c-]c(C4C=CC=C[N-]4)c3)cc2)cc1.[Ir+3].[c-]1ccccc1-c1ccccn1. The fourth-order valence-electron chi connectivity index (χ4n) is 5.27. The largest absolute Gasteiger partial charge is 3.00 e. The Morgan fingerprint density at radius 3 is 1.83 bits per heavy atom. The molecule has 1 aliphatic rings. The van der Waals surface area contributed by atoms with Gasteiger partial charge < -0.3 is 15.2 Å². The van der Waals surface area contributed by atoms with E-state index < -0.39 is 0 Å². The molecular formula is C44H34IrN3. The molecule has 0 saturated heterocycles. The number of benzene rings is 5. The third kappa shape index (κ3) is 8.43. The number of pyridine rings is 1. The minimum absolute atomic E-state index is 0. The van der Waals surface area contributed by atoms with Gasteiger partial charge in [-0.15, -0.1) is 41.5 Å². The molecule has 4 heteroatoms. The van der Waals surface area contributed by atoms with Gasteiger partial charge in [-0.3, -0.25) is 0 Å². The monoisotopic (exact) mass is 797 g/mol. The number of nitrogens with zero attached hydrogens (tertiary/aromatic N) is 3. The van der Waals surface area contributed by atoms with Gasteiger partial charge in [0.05, 0.1) is 0 Å². The van der Waals surface area contributed by atoms with Crippen molar-refractivity contribution in [3.63, 3.8) is 0 Å². The minimum atomic E-state index is 0. The maximum absolute atomic E-state index is 4.55. The van der Waals surface area contributed by atoms with E-state index >= 15 is 0 Å². The van der Waals surface area contributed by atoms with Crippen LogP contribution in [0.5, 0.6) is 0 Å². The van der Waals surface area contributed by atoms with Crippen LogP contribution in [0.15, 0.2) is 177 Å². The van der Waals surface area contributed by atoms with Crippen LogP contribution in [0.2, 0.25) is 0 Å². The molecule has 2 heterocycles. The first-order valence-electron chi connectivity index (χ1n) is 15.5. The molecule has 48 heavy (non-hydrogen) atoms. The van der Waals surface area contributed by atoms with Crippen LogP contribution < -0.4 is 4.90 Å². The molecule has 0 amide bonds. The van der Waals surface area contributed by atoms with Gasteiger partial charge in [0.2, 0.25) is 0 Å². The first-order chi connectivity index (χ1) is 23.2. The second kappa shape index (κ2) is 16.9. The summed E-state index contributed by atoms with van der Waals surface area (Å²) in [6.07, 6.45) is 13.4. The summed E-state index contributed by atoms with van der Waals surface area (Å²) in [6, 6.07) is 52.0. The van der Waals surface area contributed by atoms with Crippen LogP contribution in [0.25, 0.3) is 39.9 Å². The molecule has 0 fully saturated rings. The van der Waals surface area contributed by atoms with E-state index in [-0.39, 0.29) is 26.1 Å². The standard InChI is InChI=1S/C33H26N2.C11H8N.Ir/c1-3-25-11-17-30(18-12-25)35(31-19-13-26(4-2)14-20-31)32-21-15-27(16-22-32)28-8-7-9-29(24-28)33-10-5-6-23-34-33;1-2-6-10(7-3-1)11-8-4-5-9-12-11;/h3-8,10-24,33H,1-2H2;1-6,8-9H;/q-2;-1;+3. The summed E-state index contributed by atoms with van der Waals surface area (Å²) in [5.41, 5.74) is 10.8. The summed E-state index contributed by atoms with van der Waals surface area (Å²) < 4.78 is 0. The summed E-state index contributed by atoms with van der Waals surface area (Å²) in [7, 11) is 0. The van der Waals surface area contributed by atoms with E-state index in [0.717, 1.165) is 56.1 Å². The van der Waals surface area contributed by atoms with Crippen molar-refractivity contribution in [1.29, 1.82) is 0 Å². The van der Waals surface area contributed by atoms with E-state index in [9.17, 15) is 0 Å². The Morgan fingerprint density at radius 2 is 1.29 bits per heavy atom. The average molecular weight is 797 g/mol. The van der Waals surface area contributed by atoms with Crippen molar-refractivity contribution in [2.75, 3.05) is 4.90 Å². The number of rotatable bonds is 8. The fourth-order valence-corrected chi connectivity index (χ4v) is 5.27. The molecule has 1 atom stereocenters. The van der Waals surface area contributed by atoms with Gasteiger partial charge in [-0.2, -0.15) is 36.0 Å². The Balaban J connectivity index is 0.000000291. The van der Waals surface area contributed by atoms with Gasteiger partial charge in [0.15, 0.2) is 0 Å². The number of anilines is 3. The van der Waals surface area contributed by atoms with E-state index in [1.54, 1.807) is 6.20 Å². The third-order valence-electron chi connectivity index (χ3n) is 7.76. The molecule has 1 unspecified atom stereocenters. The molecule has 0 N–H and O–H groups in total. The number of hydrogen-bond acceptors (Lipinski definition) is 2. The van der Waals surface area contributed by atoms with Gasteiger partial charge >= 0.3 is 20.1 Å². The van der Waals surface area contributed by atoms with Gasteiger partial charge in [0.25, 0.3) is 0 Å². The van der Waals surface area contributed by atoms with Gasteiger partial charge in [0.1, 0.15) is 0 Å². The fraction of sp³-hybridized carbons (Fsp3) is 0.0227. The Bertz CT molecular complexity index is 1870. The quantitative estimate of drug-likeness (QED) is 0.144. The molecule has 234 valence electrons. The summed E-state index contributed by atoms with van der Waals surface area (Å²) in [5.74, 6) is 0. The molecule has 0 saturated carbocycles. The summed E-state index contributed by atoms with van der Waals surface area (Å²) in [4.78, 5) is 6.47. The maximum Gasteiger partial charge on any atom is 3.00 e. The Kier molecular flexibility index (Phi) is 11.9. The summed E-state index contributed by atoms with van der Waals surface area (Å²) in [6.45, 7) is 7.75. The van der Waals surface area contributed by atoms with Crippen LogP contribution in [0.1, 0.15) is 22.7 Å². The van der Waals surface area contributed by atoms with E-state index in [4.69, 9.17) is 0 Å². The molecule has 1 aliphatic heterocycles. The van der Waals surface area contributed by atoms with Gasteiger partial charge in [-0.1, -0.05) is 98.1 Å². The van der Waals surface area contributed by atoms with Crippen LogP contribution in [0, 0.1) is 12.1 Å². The number of aromatic nitrogens is 1. The Labute approximate surface area is 297 Å². The van der Waals surface area contributed by atoms with Crippen molar-refractivity contribution in [3.8, 4) is 22.4 Å². The second-order valence-electron chi connectivity index (χ2n) is 10.8. The molecule has 1 aromatic heterocycles. The average Bonchev–Trinajstić information content (AvgIpc) is 3.17.